The van der Waals surface area contributed by atoms with Crippen molar-refractivity contribution in [2.24, 2.45) is 14.1 Å². The first-order valence-electron chi connectivity index (χ1n) is 9.57. The van der Waals surface area contributed by atoms with Gasteiger partial charge in [0.15, 0.2) is 10.9 Å². The fourth-order valence-corrected chi connectivity index (χ4v) is 3.98. The Kier molecular flexibility index (Phi) is 5.10. The van der Waals surface area contributed by atoms with Gasteiger partial charge in [-0.2, -0.15) is 0 Å². The number of carbonyl (C=O) groups is 1. The number of benzene rings is 1. The highest BCUT2D eigenvalue weighted by Gasteiger charge is 2.27. The zero-order chi connectivity index (χ0) is 21.6. The summed E-state index contributed by atoms with van der Waals surface area (Å²) < 4.78 is 1.97. The molecule has 1 aromatic carbocycles. The summed E-state index contributed by atoms with van der Waals surface area (Å²) in [5.74, 6) is 0.126. The van der Waals surface area contributed by atoms with Crippen molar-refractivity contribution in [1.29, 1.82) is 0 Å². The number of para-hydroxylation sites is 1. The van der Waals surface area contributed by atoms with Crippen molar-refractivity contribution in [3.8, 4) is 0 Å². The van der Waals surface area contributed by atoms with Crippen LogP contribution in [0.2, 0.25) is 0 Å². The second kappa shape index (κ2) is 7.60. The van der Waals surface area contributed by atoms with Crippen LogP contribution in [-0.2, 0) is 14.1 Å². The Morgan fingerprint density at radius 3 is 2.60 bits per heavy atom. The van der Waals surface area contributed by atoms with Gasteiger partial charge in [-0.25, -0.2) is 14.8 Å². The lowest BCUT2D eigenvalue weighted by Gasteiger charge is -2.15. The lowest BCUT2D eigenvalue weighted by molar-refractivity contribution is 0.0992. The van der Waals surface area contributed by atoms with E-state index in [4.69, 9.17) is 5.73 Å². The molecular weight excluding hydrogens is 404 g/mol. The number of nitrogens with zero attached hydrogens (tertiary/aromatic N) is 4. The lowest BCUT2D eigenvalue weighted by atomic mass is 10.1. The first-order valence-corrected chi connectivity index (χ1v) is 10.5. The van der Waals surface area contributed by atoms with E-state index in [0.717, 1.165) is 50.5 Å². The van der Waals surface area contributed by atoms with Crippen LogP contribution >= 0.6 is 11.8 Å². The maximum absolute atomic E-state index is 13.0. The van der Waals surface area contributed by atoms with Crippen LogP contribution in [0.3, 0.4) is 0 Å². The minimum Gasteiger partial charge on any atom is -0.384 e. The summed E-state index contributed by atoms with van der Waals surface area (Å²) in [5.41, 5.74) is 5.21. The molecule has 1 aliphatic carbocycles. The van der Waals surface area contributed by atoms with Crippen molar-refractivity contribution in [3.63, 3.8) is 0 Å². The molecule has 0 saturated heterocycles. The number of hydrogen-bond acceptors (Lipinski definition) is 8. The van der Waals surface area contributed by atoms with E-state index in [-0.39, 0.29) is 11.4 Å². The predicted octanol–water partition coefficient (Wildman–Crippen LogP) is 1.55. The monoisotopic (exact) mass is 426 g/mol. The van der Waals surface area contributed by atoms with Gasteiger partial charge >= 0.3 is 5.69 Å². The van der Waals surface area contributed by atoms with Crippen LogP contribution in [0.1, 0.15) is 30.1 Å². The van der Waals surface area contributed by atoms with Crippen LogP contribution in [0.4, 0.5) is 11.6 Å². The Bertz CT molecular complexity index is 1280. The highest BCUT2D eigenvalue weighted by Crippen LogP contribution is 2.31. The second-order valence-electron chi connectivity index (χ2n) is 7.38. The molecule has 156 valence electrons. The Morgan fingerprint density at radius 2 is 1.90 bits per heavy atom. The molecular formula is C20H22N6O3S. The number of aromatic nitrogens is 4. The zero-order valence-corrected chi connectivity index (χ0v) is 17.7. The fraction of sp³-hybridized carbons (Fsp3) is 0.350. The molecule has 1 atom stereocenters. The number of Topliss-reactive ketones (excluding diaryl/α,β-unsaturated/α-hetero) is 1. The van der Waals surface area contributed by atoms with Gasteiger partial charge in [0.25, 0.3) is 5.56 Å². The summed E-state index contributed by atoms with van der Waals surface area (Å²) in [6, 6.07) is 8.09. The van der Waals surface area contributed by atoms with Gasteiger partial charge < -0.3 is 11.1 Å². The van der Waals surface area contributed by atoms with E-state index in [2.05, 4.69) is 15.3 Å². The fourth-order valence-electron chi connectivity index (χ4n) is 3.15. The zero-order valence-electron chi connectivity index (χ0n) is 16.9. The molecule has 0 radical (unpaired) electrons. The van der Waals surface area contributed by atoms with Gasteiger partial charge in [-0.3, -0.25) is 18.7 Å². The number of nitrogens with two attached hydrogens (primary N) is 1. The Morgan fingerprint density at radius 1 is 1.20 bits per heavy atom. The van der Waals surface area contributed by atoms with E-state index in [1.54, 1.807) is 6.92 Å². The maximum Gasteiger partial charge on any atom is 0.332 e. The van der Waals surface area contributed by atoms with Gasteiger partial charge in [-0.1, -0.05) is 23.9 Å². The number of ketones is 1. The molecule has 3 aromatic rings. The number of thioether (sulfide) groups is 1. The van der Waals surface area contributed by atoms with E-state index in [1.165, 1.54) is 14.1 Å². The molecule has 2 heterocycles. The number of nitrogen functional groups attached to an aromatic ring is 1. The Hall–Kier alpha value is -3.14. The molecule has 0 aliphatic heterocycles. The van der Waals surface area contributed by atoms with Gasteiger partial charge in [-0.15, -0.1) is 0 Å². The van der Waals surface area contributed by atoms with Crippen molar-refractivity contribution in [2.45, 2.75) is 36.2 Å². The molecule has 1 saturated carbocycles. The van der Waals surface area contributed by atoms with Crippen LogP contribution < -0.4 is 22.3 Å². The SMILES string of the molecule is CC(Sc1nc(NC2CC2)c2ccccc2n1)C(=O)c1c(N)n(C)c(=O)n(C)c1=O. The number of fused-ring (bicyclic) bond motifs is 1. The largest absolute Gasteiger partial charge is 0.384 e. The quantitative estimate of drug-likeness (QED) is 0.345. The normalized spacial score (nSPS) is 14.6. The van der Waals surface area contributed by atoms with Crippen LogP contribution in [0, 0.1) is 0 Å². The highest BCUT2D eigenvalue weighted by atomic mass is 32.2. The summed E-state index contributed by atoms with van der Waals surface area (Å²) in [6.45, 7) is 1.67. The number of rotatable bonds is 6. The minimum atomic E-state index is -0.705. The predicted molar refractivity (Wildman–Crippen MR) is 117 cm³/mol. The molecule has 1 aliphatic rings. The number of carbonyl (C=O) groups excluding carboxylic acids is 1. The van der Waals surface area contributed by atoms with E-state index in [1.807, 2.05) is 24.3 Å². The summed E-state index contributed by atoms with van der Waals surface area (Å²) in [5, 5.41) is 4.09. The van der Waals surface area contributed by atoms with Gasteiger partial charge in [0.05, 0.1) is 10.8 Å². The molecule has 1 unspecified atom stereocenters. The van der Waals surface area contributed by atoms with Crippen LogP contribution in [-0.4, -0.2) is 36.2 Å². The van der Waals surface area contributed by atoms with Crippen LogP contribution in [0.15, 0.2) is 39.0 Å². The van der Waals surface area contributed by atoms with E-state index in [9.17, 15) is 14.4 Å². The van der Waals surface area contributed by atoms with Crippen molar-refractivity contribution in [3.05, 3.63) is 50.7 Å². The molecule has 3 N–H and O–H groups in total. The lowest BCUT2D eigenvalue weighted by Crippen LogP contribution is -2.42. The minimum absolute atomic E-state index is 0.143. The summed E-state index contributed by atoms with van der Waals surface area (Å²) in [7, 11) is 2.74. The number of anilines is 2. The first kappa shape index (κ1) is 20.1. The third-order valence-corrected chi connectivity index (χ3v) is 6.07. The van der Waals surface area contributed by atoms with Crippen molar-refractivity contribution in [1.82, 2.24) is 19.1 Å². The van der Waals surface area contributed by atoms with E-state index in [0.29, 0.717) is 11.2 Å². The summed E-state index contributed by atoms with van der Waals surface area (Å²) >= 11 is 1.15. The average molecular weight is 427 g/mol. The standard InChI is InChI=1S/C20H22N6O3S/c1-10(15(27)14-16(21)25(2)20(29)26(3)18(14)28)30-19-23-13-7-5-4-6-12(13)17(24-19)22-11-8-9-11/h4-7,10-11H,8-9,21H2,1-3H3,(H,22,23,24). The smallest absolute Gasteiger partial charge is 0.332 e. The molecule has 9 nitrogen and oxygen atoms in total. The summed E-state index contributed by atoms with van der Waals surface area (Å²) in [6.07, 6.45) is 2.20. The highest BCUT2D eigenvalue weighted by molar-refractivity contribution is 8.00. The van der Waals surface area contributed by atoms with Gasteiger partial charge in [0, 0.05) is 25.5 Å². The molecule has 1 fully saturated rings. The third-order valence-electron chi connectivity index (χ3n) is 5.11. The van der Waals surface area contributed by atoms with Crippen LogP contribution in [0.25, 0.3) is 10.9 Å². The molecule has 0 spiro atoms. The molecule has 0 amide bonds. The maximum atomic E-state index is 13.0. The molecule has 0 bridgehead atoms. The first-order chi connectivity index (χ1) is 14.3. The van der Waals surface area contributed by atoms with Gasteiger partial charge in [0.2, 0.25) is 0 Å². The van der Waals surface area contributed by atoms with Crippen molar-refractivity contribution in [2.75, 3.05) is 11.1 Å². The van der Waals surface area contributed by atoms with E-state index < -0.39 is 22.3 Å². The summed E-state index contributed by atoms with van der Waals surface area (Å²) in [4.78, 5) is 46.7. The molecule has 30 heavy (non-hydrogen) atoms. The Labute approximate surface area is 176 Å². The van der Waals surface area contributed by atoms with E-state index >= 15 is 0 Å². The van der Waals surface area contributed by atoms with Gasteiger partial charge in [-0.05, 0) is 31.9 Å². The second-order valence-corrected chi connectivity index (χ2v) is 8.69. The van der Waals surface area contributed by atoms with Crippen LogP contribution in [0.5, 0.6) is 0 Å². The van der Waals surface area contributed by atoms with Crippen molar-refractivity contribution >= 4 is 40.1 Å². The molecule has 10 heteroatoms. The Balaban J connectivity index is 1.68. The number of hydrogen-bond donors (Lipinski definition) is 2. The number of nitrogens with one attached hydrogen (secondary N) is 1. The third kappa shape index (κ3) is 3.58. The van der Waals surface area contributed by atoms with Crippen molar-refractivity contribution < 1.29 is 4.79 Å². The molecule has 2 aromatic heterocycles. The average Bonchev–Trinajstić information content (AvgIpc) is 3.55. The van der Waals surface area contributed by atoms with Gasteiger partial charge in [0.1, 0.15) is 17.2 Å². The molecule has 4 rings (SSSR count). The topological polar surface area (TPSA) is 125 Å².